The molecule has 1 saturated carbocycles. The maximum atomic E-state index is 12.0. The zero-order valence-electron chi connectivity index (χ0n) is 11.2. The molecule has 0 spiro atoms. The number of anilines is 1. The van der Waals surface area contributed by atoms with E-state index in [9.17, 15) is 8.78 Å². The van der Waals surface area contributed by atoms with Gasteiger partial charge in [0.1, 0.15) is 5.75 Å². The Hall–Kier alpha value is -1.32. The van der Waals surface area contributed by atoms with E-state index >= 15 is 0 Å². The molecule has 0 unspecified atom stereocenters. The fraction of sp³-hybridized carbons (Fsp3) is 0.600. The van der Waals surface area contributed by atoms with Crippen LogP contribution in [0, 0.1) is 5.92 Å². The van der Waals surface area contributed by atoms with Gasteiger partial charge >= 0.3 is 6.61 Å². The lowest BCUT2D eigenvalue weighted by Crippen LogP contribution is -2.25. The molecule has 0 saturated heterocycles. The smallest absolute Gasteiger partial charge is 0.387 e. The van der Waals surface area contributed by atoms with Crippen molar-refractivity contribution < 1.29 is 13.5 Å². The minimum absolute atomic E-state index is 0.204. The van der Waals surface area contributed by atoms with Crippen LogP contribution in [-0.2, 0) is 0 Å². The standard InChI is InChI=1S/C15H21F2NO/c1-2-11-3-5-12(6-4-11)18-13-7-9-14(10-8-13)19-15(16)17/h7-12,15,18H,2-6H2,1H3. The third kappa shape index (κ3) is 4.37. The summed E-state index contributed by atoms with van der Waals surface area (Å²) >= 11 is 0. The van der Waals surface area contributed by atoms with Crippen LogP contribution in [0.5, 0.6) is 5.75 Å². The molecule has 2 rings (SSSR count). The van der Waals surface area contributed by atoms with Gasteiger partial charge in [-0.05, 0) is 55.9 Å². The number of rotatable bonds is 5. The van der Waals surface area contributed by atoms with E-state index in [1.54, 1.807) is 24.3 Å². The van der Waals surface area contributed by atoms with E-state index in [0.717, 1.165) is 11.6 Å². The van der Waals surface area contributed by atoms with Gasteiger partial charge < -0.3 is 10.1 Å². The number of nitrogens with one attached hydrogen (secondary N) is 1. The van der Waals surface area contributed by atoms with Gasteiger partial charge in [-0.2, -0.15) is 8.78 Å². The number of hydrogen-bond donors (Lipinski definition) is 1. The van der Waals surface area contributed by atoms with Crippen molar-refractivity contribution in [2.75, 3.05) is 5.32 Å². The van der Waals surface area contributed by atoms with E-state index in [1.807, 2.05) is 0 Å². The molecule has 1 fully saturated rings. The van der Waals surface area contributed by atoms with E-state index in [4.69, 9.17) is 0 Å². The summed E-state index contributed by atoms with van der Waals surface area (Å²) in [6.07, 6.45) is 6.20. The number of benzene rings is 1. The predicted molar refractivity (Wildman–Crippen MR) is 72.7 cm³/mol. The molecule has 4 heteroatoms. The topological polar surface area (TPSA) is 21.3 Å². The molecule has 0 heterocycles. The molecule has 1 aromatic rings. The van der Waals surface area contributed by atoms with Crippen LogP contribution < -0.4 is 10.1 Å². The molecule has 0 aromatic heterocycles. The molecule has 1 aliphatic rings. The summed E-state index contributed by atoms with van der Waals surface area (Å²) in [6, 6.07) is 7.25. The van der Waals surface area contributed by atoms with Gasteiger partial charge in [-0.1, -0.05) is 13.3 Å². The summed E-state index contributed by atoms with van der Waals surface area (Å²) in [5, 5.41) is 3.46. The molecule has 0 radical (unpaired) electrons. The third-order valence-corrected chi connectivity index (χ3v) is 3.87. The second-order valence-electron chi connectivity index (χ2n) is 5.17. The Morgan fingerprint density at radius 3 is 2.32 bits per heavy atom. The molecule has 2 nitrogen and oxygen atoms in total. The maximum absolute atomic E-state index is 12.0. The lowest BCUT2D eigenvalue weighted by molar-refractivity contribution is -0.0498. The molecular formula is C15H21F2NO. The summed E-state index contributed by atoms with van der Waals surface area (Å²) < 4.78 is 28.4. The molecule has 0 amide bonds. The largest absolute Gasteiger partial charge is 0.435 e. The second-order valence-corrected chi connectivity index (χ2v) is 5.17. The highest BCUT2D eigenvalue weighted by Gasteiger charge is 2.19. The van der Waals surface area contributed by atoms with Crippen molar-refractivity contribution in [2.24, 2.45) is 5.92 Å². The van der Waals surface area contributed by atoms with Gasteiger partial charge in [0.15, 0.2) is 0 Å². The van der Waals surface area contributed by atoms with Crippen molar-refractivity contribution in [3.8, 4) is 5.75 Å². The van der Waals surface area contributed by atoms with Crippen LogP contribution in [0.25, 0.3) is 0 Å². The van der Waals surface area contributed by atoms with Gasteiger partial charge in [0, 0.05) is 11.7 Å². The Bertz CT molecular complexity index is 372. The van der Waals surface area contributed by atoms with Crippen molar-refractivity contribution in [3.63, 3.8) is 0 Å². The number of halogens is 2. The highest BCUT2D eigenvalue weighted by atomic mass is 19.3. The first-order chi connectivity index (χ1) is 9.17. The quantitative estimate of drug-likeness (QED) is 0.838. The molecule has 106 valence electrons. The molecule has 1 aromatic carbocycles. The van der Waals surface area contributed by atoms with Gasteiger partial charge in [-0.15, -0.1) is 0 Å². The first-order valence-electron chi connectivity index (χ1n) is 6.98. The zero-order chi connectivity index (χ0) is 13.7. The average molecular weight is 269 g/mol. The minimum Gasteiger partial charge on any atom is -0.435 e. The average Bonchev–Trinajstić information content (AvgIpc) is 2.41. The van der Waals surface area contributed by atoms with Crippen molar-refractivity contribution in [3.05, 3.63) is 24.3 Å². The van der Waals surface area contributed by atoms with Crippen LogP contribution in [0.1, 0.15) is 39.0 Å². The van der Waals surface area contributed by atoms with Crippen molar-refractivity contribution in [1.29, 1.82) is 0 Å². The predicted octanol–water partition coefficient (Wildman–Crippen LogP) is 4.67. The molecule has 19 heavy (non-hydrogen) atoms. The van der Waals surface area contributed by atoms with Gasteiger partial charge in [-0.25, -0.2) is 0 Å². The summed E-state index contributed by atoms with van der Waals surface area (Å²) in [4.78, 5) is 0. The SMILES string of the molecule is CCC1CCC(Nc2ccc(OC(F)F)cc2)CC1. The Morgan fingerprint density at radius 1 is 1.16 bits per heavy atom. The van der Waals surface area contributed by atoms with E-state index in [2.05, 4.69) is 17.0 Å². The molecule has 1 N–H and O–H groups in total. The van der Waals surface area contributed by atoms with Gasteiger partial charge in [0.25, 0.3) is 0 Å². The Kier molecular flexibility index (Phi) is 5.00. The Balaban J connectivity index is 1.83. The van der Waals surface area contributed by atoms with Gasteiger partial charge in [-0.3, -0.25) is 0 Å². The lowest BCUT2D eigenvalue weighted by atomic mass is 9.84. The second kappa shape index (κ2) is 6.73. The van der Waals surface area contributed by atoms with Crippen LogP contribution >= 0.6 is 0 Å². The van der Waals surface area contributed by atoms with Crippen LogP contribution in [0.3, 0.4) is 0 Å². The molecular weight excluding hydrogens is 248 g/mol. The van der Waals surface area contributed by atoms with E-state index < -0.39 is 6.61 Å². The fourth-order valence-electron chi connectivity index (χ4n) is 2.68. The summed E-state index contributed by atoms with van der Waals surface area (Å²) in [6.45, 7) is -0.511. The Labute approximate surface area is 113 Å². The molecule has 0 aliphatic heterocycles. The minimum atomic E-state index is -2.76. The van der Waals surface area contributed by atoms with Crippen molar-refractivity contribution >= 4 is 5.69 Å². The van der Waals surface area contributed by atoms with Crippen molar-refractivity contribution in [2.45, 2.75) is 51.7 Å². The van der Waals surface area contributed by atoms with Gasteiger partial charge in [0.05, 0.1) is 0 Å². The Morgan fingerprint density at radius 2 is 1.79 bits per heavy atom. The third-order valence-electron chi connectivity index (χ3n) is 3.87. The molecule has 0 bridgehead atoms. The maximum Gasteiger partial charge on any atom is 0.387 e. The summed E-state index contributed by atoms with van der Waals surface area (Å²) in [5.74, 6) is 1.08. The van der Waals surface area contributed by atoms with Crippen molar-refractivity contribution in [1.82, 2.24) is 0 Å². The zero-order valence-corrected chi connectivity index (χ0v) is 11.2. The highest BCUT2D eigenvalue weighted by molar-refractivity contribution is 5.47. The normalized spacial score (nSPS) is 23.4. The van der Waals surface area contributed by atoms with Crippen LogP contribution in [0.2, 0.25) is 0 Å². The van der Waals surface area contributed by atoms with E-state index in [1.165, 1.54) is 32.1 Å². The first-order valence-corrected chi connectivity index (χ1v) is 6.98. The fourth-order valence-corrected chi connectivity index (χ4v) is 2.68. The monoisotopic (exact) mass is 269 g/mol. The summed E-state index contributed by atoms with van der Waals surface area (Å²) in [5.41, 5.74) is 0.974. The van der Waals surface area contributed by atoms with Crippen LogP contribution in [0.4, 0.5) is 14.5 Å². The van der Waals surface area contributed by atoms with Crippen LogP contribution in [0.15, 0.2) is 24.3 Å². The van der Waals surface area contributed by atoms with E-state index in [-0.39, 0.29) is 5.75 Å². The van der Waals surface area contributed by atoms with Gasteiger partial charge in [0.2, 0.25) is 0 Å². The van der Waals surface area contributed by atoms with E-state index in [0.29, 0.717) is 6.04 Å². The summed E-state index contributed by atoms with van der Waals surface area (Å²) in [7, 11) is 0. The number of hydrogen-bond acceptors (Lipinski definition) is 2. The number of ether oxygens (including phenoxy) is 1. The van der Waals surface area contributed by atoms with Crippen LogP contribution in [-0.4, -0.2) is 12.7 Å². The lowest BCUT2D eigenvalue weighted by Gasteiger charge is -2.29. The molecule has 1 aliphatic carbocycles. The number of alkyl halides is 2. The highest BCUT2D eigenvalue weighted by Crippen LogP contribution is 2.28. The first kappa shape index (κ1) is 14.1. The molecule has 0 atom stereocenters.